The molecule has 1 heterocycles. The Balaban J connectivity index is 2.34. The van der Waals surface area contributed by atoms with Crippen molar-refractivity contribution in [1.29, 1.82) is 0 Å². The Bertz CT molecular complexity index is 568. The highest BCUT2D eigenvalue weighted by atomic mass is 79.9. The van der Waals surface area contributed by atoms with Gasteiger partial charge in [-0.3, -0.25) is 0 Å². The maximum absolute atomic E-state index is 12.9. The molecule has 1 aromatic carbocycles. The van der Waals surface area contributed by atoms with Crippen molar-refractivity contribution in [2.45, 2.75) is 0 Å². The number of halogens is 4. The van der Waals surface area contributed by atoms with Crippen LogP contribution in [0.1, 0.15) is 0 Å². The summed E-state index contributed by atoms with van der Waals surface area (Å²) in [4.78, 5) is 0. The smallest absolute Gasteiger partial charge is 0.194 e. The van der Waals surface area contributed by atoms with Crippen LogP contribution >= 0.6 is 39.1 Å². The highest BCUT2D eigenvalue weighted by Gasteiger charge is 2.09. The zero-order chi connectivity index (χ0) is 12.4. The monoisotopic (exact) mass is 336 g/mol. The zero-order valence-corrected chi connectivity index (χ0v) is 11.2. The second-order valence-electron chi connectivity index (χ2n) is 3.00. The van der Waals surface area contributed by atoms with Crippen molar-refractivity contribution in [2.24, 2.45) is 0 Å². The van der Waals surface area contributed by atoms with Crippen molar-refractivity contribution in [1.82, 2.24) is 10.2 Å². The van der Waals surface area contributed by atoms with Crippen molar-refractivity contribution < 1.29 is 9.13 Å². The molecular weight excluding hydrogens is 334 g/mol. The molecule has 0 radical (unpaired) electrons. The Hall–Kier alpha value is -0.910. The number of rotatable bonds is 2. The number of nitrogens with zero attached hydrogens (tertiary/aromatic N) is 2. The Morgan fingerprint density at radius 3 is 2.59 bits per heavy atom. The molecule has 0 N–H and O–H groups in total. The fourth-order valence-electron chi connectivity index (χ4n) is 1.09. The summed E-state index contributed by atoms with van der Waals surface area (Å²) in [5.74, 6) is 0.276. The molecule has 0 amide bonds. The van der Waals surface area contributed by atoms with Crippen molar-refractivity contribution >= 4 is 39.1 Å². The first-order valence-electron chi connectivity index (χ1n) is 4.38. The van der Waals surface area contributed by atoms with Gasteiger partial charge < -0.3 is 4.74 Å². The molecule has 0 aliphatic heterocycles. The van der Waals surface area contributed by atoms with E-state index in [4.69, 9.17) is 27.9 Å². The van der Waals surface area contributed by atoms with Gasteiger partial charge in [-0.25, -0.2) is 4.39 Å². The molecule has 0 aliphatic rings. The molecule has 7 heteroatoms. The van der Waals surface area contributed by atoms with Gasteiger partial charge in [0, 0.05) is 6.07 Å². The minimum absolute atomic E-state index is 0.0747. The molecule has 3 nitrogen and oxygen atoms in total. The van der Waals surface area contributed by atoms with Crippen LogP contribution in [0.3, 0.4) is 0 Å². The first-order valence-corrected chi connectivity index (χ1v) is 5.93. The number of hydrogen-bond donors (Lipinski definition) is 0. The Morgan fingerprint density at radius 1 is 1.12 bits per heavy atom. The third-order valence-corrected chi connectivity index (χ3v) is 2.87. The lowest BCUT2D eigenvalue weighted by molar-refractivity contribution is 0.473. The molecule has 0 unspecified atom stereocenters. The predicted octanol–water partition coefficient (Wildman–Crippen LogP) is 4.48. The van der Waals surface area contributed by atoms with Gasteiger partial charge in [0.1, 0.15) is 11.6 Å². The van der Waals surface area contributed by atoms with E-state index in [1.807, 2.05) is 0 Å². The SMILES string of the molecule is Fc1ccc(Oc2cc(Cl)nnc2Cl)c(Br)c1. The summed E-state index contributed by atoms with van der Waals surface area (Å²) in [6, 6.07) is 5.43. The fraction of sp³-hybridized carbons (Fsp3) is 0. The van der Waals surface area contributed by atoms with Gasteiger partial charge >= 0.3 is 0 Å². The van der Waals surface area contributed by atoms with Crippen molar-refractivity contribution in [3.8, 4) is 11.5 Å². The van der Waals surface area contributed by atoms with E-state index in [1.165, 1.54) is 24.3 Å². The third-order valence-electron chi connectivity index (χ3n) is 1.80. The lowest BCUT2D eigenvalue weighted by Gasteiger charge is -2.08. The first-order chi connectivity index (χ1) is 8.06. The summed E-state index contributed by atoms with van der Waals surface area (Å²) < 4.78 is 18.8. The van der Waals surface area contributed by atoms with Crippen molar-refractivity contribution in [3.63, 3.8) is 0 Å². The van der Waals surface area contributed by atoms with E-state index < -0.39 is 0 Å². The zero-order valence-electron chi connectivity index (χ0n) is 8.12. The van der Waals surface area contributed by atoms with E-state index in [-0.39, 0.29) is 21.9 Å². The lowest BCUT2D eigenvalue weighted by Crippen LogP contribution is -1.91. The maximum atomic E-state index is 12.9. The van der Waals surface area contributed by atoms with E-state index >= 15 is 0 Å². The van der Waals surface area contributed by atoms with E-state index in [0.29, 0.717) is 10.2 Å². The molecule has 1 aromatic heterocycles. The van der Waals surface area contributed by atoms with Crippen molar-refractivity contribution in [2.75, 3.05) is 0 Å². The maximum Gasteiger partial charge on any atom is 0.194 e. The normalized spacial score (nSPS) is 10.4. The Morgan fingerprint density at radius 2 is 1.88 bits per heavy atom. The van der Waals surface area contributed by atoms with Crippen LogP contribution < -0.4 is 4.74 Å². The minimum Gasteiger partial charge on any atom is -0.453 e. The third kappa shape index (κ3) is 3.06. The summed E-state index contributed by atoms with van der Waals surface area (Å²) in [5, 5.41) is 7.37. The van der Waals surface area contributed by atoms with Gasteiger partial charge in [-0.1, -0.05) is 23.2 Å². The highest BCUT2D eigenvalue weighted by molar-refractivity contribution is 9.10. The van der Waals surface area contributed by atoms with Gasteiger partial charge in [0.25, 0.3) is 0 Å². The average molecular weight is 338 g/mol. The van der Waals surface area contributed by atoms with Gasteiger partial charge in [-0.15, -0.1) is 10.2 Å². The van der Waals surface area contributed by atoms with E-state index in [9.17, 15) is 4.39 Å². The standard InChI is InChI=1S/C10H4BrCl2FN2O/c11-6-3-5(14)1-2-7(6)17-8-4-9(12)15-16-10(8)13/h1-4H. The second-order valence-corrected chi connectivity index (χ2v) is 4.60. The molecule has 0 aliphatic carbocycles. The molecule has 0 atom stereocenters. The van der Waals surface area contributed by atoms with Gasteiger partial charge in [-0.05, 0) is 34.1 Å². The average Bonchev–Trinajstić information content (AvgIpc) is 2.27. The van der Waals surface area contributed by atoms with Crippen LogP contribution in [0.15, 0.2) is 28.7 Å². The number of ether oxygens (including phenoxy) is 1. The summed E-state index contributed by atoms with van der Waals surface area (Å²) >= 11 is 14.6. The molecule has 0 bridgehead atoms. The number of benzene rings is 1. The first kappa shape index (κ1) is 12.5. The van der Waals surface area contributed by atoms with Crippen LogP contribution in [-0.2, 0) is 0 Å². The van der Waals surface area contributed by atoms with Crippen LogP contribution in [0.2, 0.25) is 10.3 Å². The molecule has 17 heavy (non-hydrogen) atoms. The van der Waals surface area contributed by atoms with Crippen LogP contribution in [0.5, 0.6) is 11.5 Å². The quantitative estimate of drug-likeness (QED) is 0.810. The van der Waals surface area contributed by atoms with E-state index in [1.54, 1.807) is 0 Å². The van der Waals surface area contributed by atoms with Gasteiger partial charge in [0.2, 0.25) is 0 Å². The molecular formula is C10H4BrCl2FN2O. The Labute approximate surface area is 115 Å². The summed E-state index contributed by atoms with van der Waals surface area (Å²) in [6.07, 6.45) is 0. The van der Waals surface area contributed by atoms with Crippen LogP contribution in [0.25, 0.3) is 0 Å². The molecule has 88 valence electrons. The highest BCUT2D eigenvalue weighted by Crippen LogP contribution is 2.33. The van der Waals surface area contributed by atoms with E-state index in [0.717, 1.165) is 0 Å². The molecule has 2 rings (SSSR count). The van der Waals surface area contributed by atoms with Gasteiger partial charge in [-0.2, -0.15) is 0 Å². The van der Waals surface area contributed by atoms with Gasteiger partial charge in [0.15, 0.2) is 16.1 Å². The Kier molecular flexibility index (Phi) is 3.81. The largest absolute Gasteiger partial charge is 0.453 e. The molecule has 0 saturated carbocycles. The fourth-order valence-corrected chi connectivity index (χ4v) is 1.79. The minimum atomic E-state index is -0.374. The lowest BCUT2D eigenvalue weighted by atomic mass is 10.3. The molecule has 2 aromatic rings. The van der Waals surface area contributed by atoms with Crippen LogP contribution in [-0.4, -0.2) is 10.2 Å². The second kappa shape index (κ2) is 5.16. The summed E-state index contributed by atoms with van der Waals surface area (Å²) in [7, 11) is 0. The van der Waals surface area contributed by atoms with E-state index in [2.05, 4.69) is 26.1 Å². The summed E-state index contributed by atoms with van der Waals surface area (Å²) in [6.45, 7) is 0. The molecule has 0 saturated heterocycles. The van der Waals surface area contributed by atoms with Crippen LogP contribution in [0, 0.1) is 5.82 Å². The molecule has 0 fully saturated rings. The predicted molar refractivity (Wildman–Crippen MR) is 66.2 cm³/mol. The number of hydrogen-bond acceptors (Lipinski definition) is 3. The van der Waals surface area contributed by atoms with Gasteiger partial charge in [0.05, 0.1) is 4.47 Å². The molecule has 0 spiro atoms. The topological polar surface area (TPSA) is 35.0 Å². The van der Waals surface area contributed by atoms with Crippen LogP contribution in [0.4, 0.5) is 4.39 Å². The summed E-state index contributed by atoms with van der Waals surface area (Å²) in [5.41, 5.74) is 0. The number of aromatic nitrogens is 2. The van der Waals surface area contributed by atoms with Crippen molar-refractivity contribution in [3.05, 3.63) is 44.9 Å².